The second-order valence-corrected chi connectivity index (χ2v) is 21.0. The Hall–Kier alpha value is -4.86. The predicted molar refractivity (Wildman–Crippen MR) is 313 cm³/mol. The van der Waals surface area contributed by atoms with Gasteiger partial charge in [-0.1, -0.05) is 132 Å². The smallest absolute Gasteiger partial charge is 0.188 e. The maximum atomic E-state index is 12.8. The number of aromatic nitrogens is 6. The van der Waals surface area contributed by atoms with E-state index in [0.29, 0.717) is 87.8 Å². The number of benzene rings is 3. The van der Waals surface area contributed by atoms with E-state index in [-0.39, 0.29) is 58.9 Å². The fourth-order valence-corrected chi connectivity index (χ4v) is 10.2. The summed E-state index contributed by atoms with van der Waals surface area (Å²) >= 11 is 29.9. The Balaban J connectivity index is 0.000000303. The van der Waals surface area contributed by atoms with Crippen molar-refractivity contribution in [1.29, 1.82) is 0 Å². The number of nitrogens with one attached hydrogen (secondary N) is 3. The molecule has 2 aliphatic rings. The number of nitrogen functional groups attached to an aromatic ring is 1. The Labute approximate surface area is 473 Å². The highest BCUT2D eigenvalue weighted by molar-refractivity contribution is 9.10. The number of carbonyl (C=O) groups is 2. The van der Waals surface area contributed by atoms with E-state index < -0.39 is 0 Å². The summed E-state index contributed by atoms with van der Waals surface area (Å²) in [6.07, 6.45) is 4.62. The summed E-state index contributed by atoms with van der Waals surface area (Å²) in [5.41, 5.74) is 10.4. The maximum absolute atomic E-state index is 12.8. The molecule has 0 unspecified atom stereocenters. The number of halogens is 5. The third-order valence-electron chi connectivity index (χ3n) is 10.7. The first kappa shape index (κ1) is 60.0. The van der Waals surface area contributed by atoms with Crippen LogP contribution >= 0.6 is 85.0 Å². The number of thiazole rings is 2. The lowest BCUT2D eigenvalue weighted by Crippen LogP contribution is -2.22. The average Bonchev–Trinajstić information content (AvgIpc) is 4.16. The quantitative estimate of drug-likeness (QED) is 0.0403. The van der Waals surface area contributed by atoms with E-state index in [1.165, 1.54) is 34.9 Å². The molecule has 0 bridgehead atoms. The van der Waals surface area contributed by atoms with Crippen molar-refractivity contribution in [3.63, 3.8) is 0 Å². The van der Waals surface area contributed by atoms with Crippen molar-refractivity contribution < 1.29 is 22.5 Å². The molecule has 0 radical (unpaired) electrons. The van der Waals surface area contributed by atoms with E-state index in [0.717, 1.165) is 70.6 Å². The minimum absolute atomic E-state index is 0. The Morgan fingerprint density at radius 1 is 0.743 bits per heavy atom. The van der Waals surface area contributed by atoms with E-state index in [2.05, 4.69) is 61.8 Å². The molecule has 15 nitrogen and oxygen atoms in total. The number of hydrogen-bond donors (Lipinski definition) is 6. The van der Waals surface area contributed by atoms with Gasteiger partial charge in [0.25, 0.3) is 0 Å². The zero-order valence-electron chi connectivity index (χ0n) is 41.2. The SMILES string of the molecule is C.C.C.Cc1cc(Br)cc(Cl)c1N.O[C@@H]1CCNC1.[2H]c1cc(C)c(CC(=O)c2cnc(Nc3cc(Cl)nc(C)n3)s2)c(Cl)c1.[2H]c1cc(C)c(CC(=O)c2cnc(Nc3cc(N4CC[C@@H](O)C4)nc(C)n3)s2)c(Cl)c1. The number of aryl methyl sites for hydroxylation is 5. The molecule has 2 atom stereocenters. The number of aliphatic hydroxyl groups is 2. The van der Waals surface area contributed by atoms with Gasteiger partial charge in [0.2, 0.25) is 0 Å². The third-order valence-corrected chi connectivity index (χ3v) is 14.3. The molecule has 0 aliphatic carbocycles. The van der Waals surface area contributed by atoms with Crippen LogP contribution in [0.1, 0.15) is 96.7 Å². The van der Waals surface area contributed by atoms with Gasteiger partial charge in [-0.25, -0.2) is 29.9 Å². The lowest BCUT2D eigenvalue weighted by molar-refractivity contribution is 0.0988. The summed E-state index contributed by atoms with van der Waals surface area (Å²) in [7, 11) is 0. The molecule has 22 heteroatoms. The fourth-order valence-electron chi connectivity index (χ4n) is 6.96. The van der Waals surface area contributed by atoms with Gasteiger partial charge >= 0.3 is 0 Å². The minimum Gasteiger partial charge on any atom is -0.397 e. The Morgan fingerprint density at radius 3 is 1.70 bits per heavy atom. The molecular weight excluding hydrogens is 1130 g/mol. The highest BCUT2D eigenvalue weighted by Crippen LogP contribution is 2.30. The van der Waals surface area contributed by atoms with Crippen LogP contribution in [0.4, 0.5) is 33.4 Å². The van der Waals surface area contributed by atoms with Gasteiger partial charge in [-0.3, -0.25) is 9.59 Å². The number of nitrogens with zero attached hydrogens (tertiary/aromatic N) is 7. The van der Waals surface area contributed by atoms with Gasteiger partial charge in [-0.05, 0) is 106 Å². The first-order valence-electron chi connectivity index (χ1n) is 23.0. The van der Waals surface area contributed by atoms with Crippen molar-refractivity contribution in [2.45, 2.75) is 94.8 Å². The fraction of sp³-hybridized carbons (Fsp3) is 0.346. The van der Waals surface area contributed by atoms with Crippen LogP contribution in [0.5, 0.6) is 0 Å². The number of aliphatic hydroxyl groups excluding tert-OH is 2. The Bertz CT molecular complexity index is 3010. The molecule has 6 heterocycles. The van der Waals surface area contributed by atoms with Gasteiger partial charge in [0.1, 0.15) is 34.3 Å². The molecule has 0 spiro atoms. The number of rotatable bonds is 11. The van der Waals surface area contributed by atoms with Gasteiger partial charge in [-0.2, -0.15) is 0 Å². The van der Waals surface area contributed by atoms with Crippen molar-refractivity contribution in [2.24, 2.45) is 0 Å². The summed E-state index contributed by atoms with van der Waals surface area (Å²) in [4.78, 5) is 54.0. The van der Waals surface area contributed by atoms with Crippen molar-refractivity contribution in [2.75, 3.05) is 47.4 Å². The van der Waals surface area contributed by atoms with Crippen molar-refractivity contribution in [3.05, 3.63) is 147 Å². The second kappa shape index (κ2) is 30.0. The number of Topliss-reactive ketones (excluding diaryl/α,β-unsaturated/α-hetero) is 2. The number of nitrogens with two attached hydrogens (primary N) is 1. The van der Waals surface area contributed by atoms with Gasteiger partial charge in [0.05, 0.1) is 47.8 Å². The largest absolute Gasteiger partial charge is 0.397 e. The van der Waals surface area contributed by atoms with Crippen LogP contribution in [0.15, 0.2) is 77.5 Å². The topological polar surface area (TPSA) is 217 Å². The molecule has 0 saturated carbocycles. The second-order valence-electron chi connectivity index (χ2n) is 16.4. The number of β-amino-alcohol motifs (C(OH)–C–C–N with tert-alkyl or cyclic N) is 2. The van der Waals surface area contributed by atoms with Crippen molar-refractivity contribution >= 4 is 130 Å². The first-order chi connectivity index (χ1) is 34.6. The van der Waals surface area contributed by atoms with E-state index in [4.69, 9.17) is 60.0 Å². The Kier molecular flexibility index (Phi) is 24.4. The Morgan fingerprint density at radius 2 is 1.27 bits per heavy atom. The van der Waals surface area contributed by atoms with Gasteiger partial charge in [-0.15, -0.1) is 0 Å². The molecule has 0 amide bonds. The van der Waals surface area contributed by atoms with E-state index in [1.807, 2.05) is 44.7 Å². The van der Waals surface area contributed by atoms with Gasteiger partial charge in [0.15, 0.2) is 21.8 Å². The van der Waals surface area contributed by atoms with Crippen LogP contribution in [-0.4, -0.2) is 90.1 Å². The first-order valence-corrected chi connectivity index (χ1v) is 26.0. The van der Waals surface area contributed by atoms with Crippen molar-refractivity contribution in [1.82, 2.24) is 35.2 Å². The van der Waals surface area contributed by atoms with E-state index in [1.54, 1.807) is 43.5 Å². The molecule has 74 heavy (non-hydrogen) atoms. The summed E-state index contributed by atoms with van der Waals surface area (Å²) in [6, 6.07) is 14.2. The monoisotopic (exact) mass is 1190 g/mol. The van der Waals surface area contributed by atoms with E-state index >= 15 is 0 Å². The van der Waals surface area contributed by atoms with Crippen LogP contribution < -0.4 is 26.6 Å². The highest BCUT2D eigenvalue weighted by Gasteiger charge is 2.23. The van der Waals surface area contributed by atoms with Gasteiger partial charge in [0, 0.05) is 59.1 Å². The zero-order chi connectivity index (χ0) is 53.1. The highest BCUT2D eigenvalue weighted by atomic mass is 79.9. The number of ketones is 2. The average molecular weight is 1200 g/mol. The van der Waals surface area contributed by atoms with Crippen LogP contribution in [0.25, 0.3) is 0 Å². The predicted octanol–water partition coefficient (Wildman–Crippen LogP) is 13.2. The molecule has 7 N–H and O–H groups in total. The molecule has 398 valence electrons. The minimum atomic E-state index is -0.339. The molecule has 9 rings (SSSR count). The van der Waals surface area contributed by atoms with Crippen molar-refractivity contribution in [3.8, 4) is 0 Å². The number of hydrogen-bond acceptors (Lipinski definition) is 17. The van der Waals surface area contributed by atoms with Crippen LogP contribution in [0, 0.1) is 34.6 Å². The molecule has 2 saturated heterocycles. The summed E-state index contributed by atoms with van der Waals surface area (Å²) < 4.78 is 16.3. The summed E-state index contributed by atoms with van der Waals surface area (Å²) in [5, 5.41) is 30.5. The lowest BCUT2D eigenvalue weighted by atomic mass is 10.0. The third kappa shape index (κ3) is 18.8. The zero-order valence-corrected chi connectivity index (χ0v) is 45.5. The molecule has 2 aliphatic heterocycles. The number of anilines is 6. The molecule has 3 aromatic carbocycles. The standard InChI is InChI=1S/C21H22ClN5O2S.C17H14Cl2N4OS.C7H7BrClN.C4H9NO.3CH4/c1-12-4-3-5-16(22)15(12)8-17(29)18-10-23-21(30-18)26-19-9-20(25-13(2)24-19)27-7-6-14(28)11-27;1-9-4-3-5-12(18)11(9)6-13(24)14-8-20-17(25-14)23-16-7-15(19)21-10(2)22-16;1-4-2-5(8)3-6(9)7(4)10;6-4-1-2-5-3-4;;;/h3-5,9-10,14,28H,6-8,11H2,1-2H3,(H,23,24,25,26);3-5,7-8H,6H2,1-2H3,(H,20,21,22,23);2-3H,10H2,1H3;4-6H,1-3H2;3*1H4/t14-;;;4-;;;/m1..1.../s1/i2*3D;;;;;. The maximum Gasteiger partial charge on any atom is 0.188 e. The van der Waals surface area contributed by atoms with Crippen LogP contribution in [0.3, 0.4) is 0 Å². The van der Waals surface area contributed by atoms with Crippen LogP contribution in [0.2, 0.25) is 20.2 Å². The molecule has 4 aromatic heterocycles. The normalized spacial score (nSPS) is 14.7. The molecule has 2 fully saturated rings. The lowest BCUT2D eigenvalue weighted by Gasteiger charge is -2.17. The van der Waals surface area contributed by atoms with Crippen LogP contribution in [-0.2, 0) is 12.8 Å². The number of carbonyl (C=O) groups excluding carboxylic acids is 2. The summed E-state index contributed by atoms with van der Waals surface area (Å²) in [6.45, 7) is 12.2. The van der Waals surface area contributed by atoms with E-state index in [9.17, 15) is 14.7 Å². The molecular formula is C52H64BrCl4N11O4S2. The molecule has 7 aromatic rings. The summed E-state index contributed by atoms with van der Waals surface area (Å²) in [5.74, 6) is 2.83. The van der Waals surface area contributed by atoms with Gasteiger partial charge < -0.3 is 36.8 Å².